The van der Waals surface area contributed by atoms with Gasteiger partial charge in [-0.1, -0.05) is 12.1 Å². The second-order valence-electron chi connectivity index (χ2n) is 3.42. The zero-order chi connectivity index (χ0) is 12.0. The lowest BCUT2D eigenvalue weighted by atomic mass is 10.1. The van der Waals surface area contributed by atoms with Gasteiger partial charge < -0.3 is 16.2 Å². The van der Waals surface area contributed by atoms with Gasteiger partial charge in [0.05, 0.1) is 12.8 Å². The van der Waals surface area contributed by atoms with E-state index in [1.54, 1.807) is 24.3 Å². The summed E-state index contributed by atoms with van der Waals surface area (Å²) in [7, 11) is 0. The number of carboxylic acids is 1. The fourth-order valence-electron chi connectivity index (χ4n) is 1.26. The van der Waals surface area contributed by atoms with E-state index in [2.05, 4.69) is 5.32 Å². The van der Waals surface area contributed by atoms with Crippen LogP contribution in [-0.2, 0) is 16.0 Å². The van der Waals surface area contributed by atoms with Crippen molar-refractivity contribution in [1.29, 1.82) is 0 Å². The summed E-state index contributed by atoms with van der Waals surface area (Å²) in [6.07, 6.45) is 0.146. The molecule has 0 saturated carbocycles. The number of hydrogen-bond acceptors (Lipinski definition) is 3. The van der Waals surface area contributed by atoms with Crippen molar-refractivity contribution in [1.82, 2.24) is 5.32 Å². The average molecular weight is 222 g/mol. The van der Waals surface area contributed by atoms with Crippen molar-refractivity contribution in [3.05, 3.63) is 29.8 Å². The monoisotopic (exact) mass is 222 g/mol. The van der Waals surface area contributed by atoms with Gasteiger partial charge in [-0.2, -0.15) is 0 Å². The number of carbonyl (C=O) groups excluding carboxylic acids is 1. The van der Waals surface area contributed by atoms with Gasteiger partial charge in [0.1, 0.15) is 0 Å². The Kier molecular flexibility index (Phi) is 4.32. The van der Waals surface area contributed by atoms with E-state index in [1.807, 2.05) is 0 Å². The number of amides is 1. The first-order chi connectivity index (χ1) is 7.58. The predicted molar refractivity (Wildman–Crippen MR) is 59.8 cm³/mol. The number of nitrogen functional groups attached to an aromatic ring is 1. The first-order valence-electron chi connectivity index (χ1n) is 4.91. The average Bonchev–Trinajstić information content (AvgIpc) is 2.16. The molecule has 0 saturated heterocycles. The molecule has 0 aliphatic heterocycles. The maximum Gasteiger partial charge on any atom is 0.305 e. The molecule has 0 spiro atoms. The zero-order valence-corrected chi connectivity index (χ0v) is 8.77. The summed E-state index contributed by atoms with van der Waals surface area (Å²) in [5, 5.41) is 10.9. The smallest absolute Gasteiger partial charge is 0.305 e. The number of carbonyl (C=O) groups is 2. The number of carboxylic acid groups (broad SMARTS) is 1. The van der Waals surface area contributed by atoms with Crippen LogP contribution in [0.2, 0.25) is 0 Å². The lowest BCUT2D eigenvalue weighted by Crippen LogP contribution is -2.27. The predicted octanol–water partition coefficient (Wildman–Crippen LogP) is 0.402. The molecular formula is C11H14N2O3. The van der Waals surface area contributed by atoms with Gasteiger partial charge in [-0.3, -0.25) is 9.59 Å². The standard InChI is InChI=1S/C11H14N2O3/c12-9-3-1-2-8(6-9)7-10(14)13-5-4-11(15)16/h1-3,6H,4-5,7,12H2,(H,13,14)(H,15,16). The zero-order valence-electron chi connectivity index (χ0n) is 8.77. The Balaban J connectivity index is 2.37. The van der Waals surface area contributed by atoms with Crippen LogP contribution in [0.3, 0.4) is 0 Å². The first kappa shape index (κ1) is 12.0. The molecule has 0 unspecified atom stereocenters. The largest absolute Gasteiger partial charge is 0.481 e. The van der Waals surface area contributed by atoms with Gasteiger partial charge in [0.25, 0.3) is 0 Å². The van der Waals surface area contributed by atoms with Crippen molar-refractivity contribution in [3.63, 3.8) is 0 Å². The summed E-state index contributed by atoms with van der Waals surface area (Å²) < 4.78 is 0. The molecule has 0 aliphatic rings. The number of hydrogen-bond donors (Lipinski definition) is 3. The van der Waals surface area contributed by atoms with Gasteiger partial charge in [-0.15, -0.1) is 0 Å². The molecule has 1 rings (SSSR count). The molecule has 0 heterocycles. The SMILES string of the molecule is Nc1cccc(CC(=O)NCCC(=O)O)c1. The Morgan fingerprint density at radius 2 is 2.12 bits per heavy atom. The molecule has 1 amide bonds. The maximum absolute atomic E-state index is 11.4. The molecule has 1 aromatic carbocycles. The van der Waals surface area contributed by atoms with Crippen LogP contribution in [-0.4, -0.2) is 23.5 Å². The molecule has 0 fully saturated rings. The molecular weight excluding hydrogens is 208 g/mol. The molecule has 0 radical (unpaired) electrons. The van der Waals surface area contributed by atoms with Crippen LogP contribution in [0.5, 0.6) is 0 Å². The van der Waals surface area contributed by atoms with Crippen LogP contribution in [0.1, 0.15) is 12.0 Å². The molecule has 16 heavy (non-hydrogen) atoms. The van der Waals surface area contributed by atoms with Gasteiger partial charge in [-0.25, -0.2) is 0 Å². The van der Waals surface area contributed by atoms with Gasteiger partial charge in [0, 0.05) is 12.2 Å². The minimum Gasteiger partial charge on any atom is -0.481 e. The van der Waals surface area contributed by atoms with E-state index in [1.165, 1.54) is 0 Å². The molecule has 5 heteroatoms. The van der Waals surface area contributed by atoms with E-state index in [-0.39, 0.29) is 25.3 Å². The third kappa shape index (κ3) is 4.45. The fraction of sp³-hybridized carbons (Fsp3) is 0.273. The topological polar surface area (TPSA) is 92.4 Å². The van der Waals surface area contributed by atoms with Crippen molar-refractivity contribution >= 4 is 17.6 Å². The molecule has 5 nitrogen and oxygen atoms in total. The Hall–Kier alpha value is -2.04. The van der Waals surface area contributed by atoms with Crippen molar-refractivity contribution in [2.24, 2.45) is 0 Å². The summed E-state index contributed by atoms with van der Waals surface area (Å²) >= 11 is 0. The normalized spacial score (nSPS) is 9.75. The summed E-state index contributed by atoms with van der Waals surface area (Å²) in [5.41, 5.74) is 6.98. The number of nitrogens with one attached hydrogen (secondary N) is 1. The van der Waals surface area contributed by atoms with Crippen LogP contribution in [0.4, 0.5) is 5.69 Å². The van der Waals surface area contributed by atoms with Crippen LogP contribution < -0.4 is 11.1 Å². The molecule has 0 bridgehead atoms. The van der Waals surface area contributed by atoms with E-state index < -0.39 is 5.97 Å². The molecule has 0 aromatic heterocycles. The molecule has 0 atom stereocenters. The fourth-order valence-corrected chi connectivity index (χ4v) is 1.26. The third-order valence-corrected chi connectivity index (χ3v) is 1.98. The molecule has 1 aromatic rings. The van der Waals surface area contributed by atoms with E-state index in [0.717, 1.165) is 5.56 Å². The first-order valence-corrected chi connectivity index (χ1v) is 4.91. The highest BCUT2D eigenvalue weighted by molar-refractivity contribution is 5.79. The van der Waals surface area contributed by atoms with Gasteiger partial charge in [0.2, 0.25) is 5.91 Å². The lowest BCUT2D eigenvalue weighted by Gasteiger charge is -2.04. The van der Waals surface area contributed by atoms with E-state index in [4.69, 9.17) is 10.8 Å². The minimum absolute atomic E-state index is 0.0668. The second-order valence-corrected chi connectivity index (χ2v) is 3.42. The highest BCUT2D eigenvalue weighted by Gasteiger charge is 2.04. The summed E-state index contributed by atoms with van der Waals surface area (Å²) in [6, 6.07) is 7.03. The number of anilines is 1. The summed E-state index contributed by atoms with van der Waals surface area (Å²) in [5.74, 6) is -1.13. The minimum atomic E-state index is -0.927. The van der Waals surface area contributed by atoms with Gasteiger partial charge >= 0.3 is 5.97 Å². The van der Waals surface area contributed by atoms with Crippen LogP contribution in [0.25, 0.3) is 0 Å². The van der Waals surface area contributed by atoms with E-state index in [9.17, 15) is 9.59 Å². The highest BCUT2D eigenvalue weighted by Crippen LogP contribution is 2.06. The quantitative estimate of drug-likeness (QED) is 0.629. The van der Waals surface area contributed by atoms with Gasteiger partial charge in [-0.05, 0) is 17.7 Å². The van der Waals surface area contributed by atoms with E-state index in [0.29, 0.717) is 5.69 Å². The van der Waals surface area contributed by atoms with Crippen LogP contribution >= 0.6 is 0 Å². The Bertz CT molecular complexity index is 391. The van der Waals surface area contributed by atoms with Crippen molar-refractivity contribution in [2.45, 2.75) is 12.8 Å². The lowest BCUT2D eigenvalue weighted by molar-refractivity contribution is -0.136. The Morgan fingerprint density at radius 3 is 2.75 bits per heavy atom. The van der Waals surface area contributed by atoms with Crippen molar-refractivity contribution < 1.29 is 14.7 Å². The molecule has 4 N–H and O–H groups in total. The molecule has 0 aliphatic carbocycles. The number of rotatable bonds is 5. The second kappa shape index (κ2) is 5.75. The Morgan fingerprint density at radius 1 is 1.38 bits per heavy atom. The number of benzene rings is 1. The number of aliphatic carboxylic acids is 1. The van der Waals surface area contributed by atoms with Crippen LogP contribution in [0.15, 0.2) is 24.3 Å². The summed E-state index contributed by atoms with van der Waals surface area (Å²) in [4.78, 5) is 21.6. The van der Waals surface area contributed by atoms with Crippen LogP contribution in [0, 0.1) is 0 Å². The Labute approximate surface area is 93.3 Å². The van der Waals surface area contributed by atoms with Crippen molar-refractivity contribution in [2.75, 3.05) is 12.3 Å². The van der Waals surface area contributed by atoms with Gasteiger partial charge in [0.15, 0.2) is 0 Å². The highest BCUT2D eigenvalue weighted by atomic mass is 16.4. The number of nitrogens with two attached hydrogens (primary N) is 1. The maximum atomic E-state index is 11.4. The summed E-state index contributed by atoms with van der Waals surface area (Å²) in [6.45, 7) is 0.149. The van der Waals surface area contributed by atoms with Crippen molar-refractivity contribution in [3.8, 4) is 0 Å². The molecule has 86 valence electrons. The third-order valence-electron chi connectivity index (χ3n) is 1.98. The van der Waals surface area contributed by atoms with E-state index >= 15 is 0 Å².